The molecular weight excluding hydrogens is 458 g/mol. The van der Waals surface area contributed by atoms with Crippen LogP contribution in [0.5, 0.6) is 5.75 Å². The molecule has 37 heavy (non-hydrogen) atoms. The van der Waals surface area contributed by atoms with Gasteiger partial charge in [-0.2, -0.15) is 5.26 Å². The fourth-order valence-electron chi connectivity index (χ4n) is 4.39. The van der Waals surface area contributed by atoms with Gasteiger partial charge in [-0.1, -0.05) is 79.2 Å². The Hall–Kier alpha value is -3.84. The molecule has 0 bridgehead atoms. The van der Waals surface area contributed by atoms with E-state index in [1.807, 2.05) is 42.5 Å². The number of hydrogen-bond acceptors (Lipinski definition) is 3. The van der Waals surface area contributed by atoms with Gasteiger partial charge in [0.2, 0.25) is 0 Å². The molecule has 0 aliphatic rings. The average Bonchev–Trinajstić information content (AvgIpc) is 2.93. The highest BCUT2D eigenvalue weighted by Crippen LogP contribution is 2.24. The van der Waals surface area contributed by atoms with Crippen molar-refractivity contribution in [2.75, 3.05) is 6.61 Å². The van der Waals surface area contributed by atoms with E-state index in [-0.39, 0.29) is 12.3 Å². The zero-order valence-electron chi connectivity index (χ0n) is 21.5. The second-order valence-corrected chi connectivity index (χ2v) is 9.45. The number of benzene rings is 3. The first-order valence-corrected chi connectivity index (χ1v) is 13.3. The second kappa shape index (κ2) is 16.0. The van der Waals surface area contributed by atoms with Crippen LogP contribution in [0.4, 0.5) is 0 Å². The fourth-order valence-corrected chi connectivity index (χ4v) is 4.39. The Kier molecular flexibility index (Phi) is 12.0. The molecule has 0 saturated carbocycles. The lowest BCUT2D eigenvalue weighted by Gasteiger charge is -2.14. The SMILES string of the molecule is N#Cc1ccc(CC(/C=C/c2ccccc2OCCCCCc2ccccc2)CCCCC(=O)O)cc1. The van der Waals surface area contributed by atoms with Gasteiger partial charge < -0.3 is 9.84 Å². The van der Waals surface area contributed by atoms with Crippen LogP contribution >= 0.6 is 0 Å². The first kappa shape index (κ1) is 27.7. The van der Waals surface area contributed by atoms with Crippen molar-refractivity contribution in [2.45, 2.75) is 57.8 Å². The number of aliphatic carboxylic acids is 1. The van der Waals surface area contributed by atoms with E-state index in [9.17, 15) is 4.79 Å². The van der Waals surface area contributed by atoms with Crippen LogP contribution in [-0.2, 0) is 17.6 Å². The third-order valence-corrected chi connectivity index (χ3v) is 6.47. The van der Waals surface area contributed by atoms with Crippen LogP contribution in [0, 0.1) is 17.2 Å². The van der Waals surface area contributed by atoms with Gasteiger partial charge in [0.15, 0.2) is 0 Å². The molecule has 0 spiro atoms. The van der Waals surface area contributed by atoms with Gasteiger partial charge in [-0.25, -0.2) is 0 Å². The molecule has 4 heteroatoms. The number of nitrogens with zero attached hydrogens (tertiary/aromatic N) is 1. The lowest BCUT2D eigenvalue weighted by molar-refractivity contribution is -0.137. The van der Waals surface area contributed by atoms with Crippen LogP contribution in [0.15, 0.2) is 84.9 Å². The van der Waals surface area contributed by atoms with E-state index in [1.54, 1.807) is 0 Å². The summed E-state index contributed by atoms with van der Waals surface area (Å²) >= 11 is 0. The summed E-state index contributed by atoms with van der Waals surface area (Å²) in [7, 11) is 0. The Labute approximate surface area is 221 Å². The van der Waals surface area contributed by atoms with Crippen LogP contribution in [0.2, 0.25) is 0 Å². The molecule has 1 unspecified atom stereocenters. The number of carbonyl (C=O) groups is 1. The molecule has 0 radical (unpaired) electrons. The van der Waals surface area contributed by atoms with Crippen LogP contribution in [0.25, 0.3) is 6.08 Å². The molecule has 1 atom stereocenters. The Bertz CT molecular complexity index is 1150. The minimum absolute atomic E-state index is 0.204. The van der Waals surface area contributed by atoms with Crippen molar-refractivity contribution in [3.8, 4) is 11.8 Å². The number of hydrogen-bond donors (Lipinski definition) is 1. The summed E-state index contributed by atoms with van der Waals surface area (Å²) in [5.74, 6) is 0.419. The maximum absolute atomic E-state index is 10.9. The first-order valence-electron chi connectivity index (χ1n) is 13.3. The first-order chi connectivity index (χ1) is 18.1. The molecule has 192 valence electrons. The molecule has 0 aliphatic carbocycles. The molecule has 4 nitrogen and oxygen atoms in total. The summed E-state index contributed by atoms with van der Waals surface area (Å²) in [6.45, 7) is 0.698. The number of carboxylic acid groups (broad SMARTS) is 1. The lowest BCUT2D eigenvalue weighted by atomic mass is 9.92. The maximum Gasteiger partial charge on any atom is 0.303 e. The standard InChI is InChI=1S/C33H37NO3/c34-26-30-20-18-29(19-21-30)25-28(14-6-9-17-33(35)36)22-23-31-15-7-8-16-32(31)37-24-10-2-5-13-27-11-3-1-4-12-27/h1,3-4,7-8,11-12,15-16,18-23,28H,2,5-6,9-10,13-14,17,24-25H2,(H,35,36)/b23-22+. The normalized spacial score (nSPS) is 11.8. The fraction of sp³-hybridized carbons (Fsp3) is 0.333. The molecule has 1 N–H and O–H groups in total. The van der Waals surface area contributed by atoms with Crippen molar-refractivity contribution in [1.29, 1.82) is 5.26 Å². The number of rotatable bonds is 16. The Morgan fingerprint density at radius 1 is 0.865 bits per heavy atom. The summed E-state index contributed by atoms with van der Waals surface area (Å²) in [5, 5.41) is 18.0. The summed E-state index contributed by atoms with van der Waals surface area (Å²) in [5.41, 5.74) is 4.27. The van der Waals surface area contributed by atoms with E-state index < -0.39 is 5.97 Å². The van der Waals surface area contributed by atoms with E-state index in [4.69, 9.17) is 15.1 Å². The maximum atomic E-state index is 10.9. The Morgan fingerprint density at radius 3 is 2.38 bits per heavy atom. The topological polar surface area (TPSA) is 70.3 Å². The van der Waals surface area contributed by atoms with Gasteiger partial charge in [0.05, 0.1) is 18.2 Å². The summed E-state index contributed by atoms with van der Waals surface area (Å²) < 4.78 is 6.14. The number of allylic oxidation sites excluding steroid dienone is 1. The van der Waals surface area contributed by atoms with Crippen LogP contribution < -0.4 is 4.74 Å². The monoisotopic (exact) mass is 495 g/mol. The predicted octanol–water partition coefficient (Wildman–Crippen LogP) is 7.87. The smallest absolute Gasteiger partial charge is 0.303 e. The Morgan fingerprint density at radius 2 is 1.62 bits per heavy atom. The number of ether oxygens (including phenoxy) is 1. The van der Waals surface area contributed by atoms with Gasteiger partial charge in [0, 0.05) is 12.0 Å². The van der Waals surface area contributed by atoms with Crippen molar-refractivity contribution in [2.24, 2.45) is 5.92 Å². The summed E-state index contributed by atoms with van der Waals surface area (Å²) in [6, 6.07) is 28.6. The zero-order valence-corrected chi connectivity index (χ0v) is 21.5. The van der Waals surface area contributed by atoms with Gasteiger partial charge in [0.25, 0.3) is 0 Å². The average molecular weight is 496 g/mol. The van der Waals surface area contributed by atoms with E-state index >= 15 is 0 Å². The minimum Gasteiger partial charge on any atom is -0.493 e. The molecule has 0 aromatic heterocycles. The van der Waals surface area contributed by atoms with E-state index in [0.717, 1.165) is 56.3 Å². The predicted molar refractivity (Wildman–Crippen MR) is 149 cm³/mol. The number of aryl methyl sites for hydroxylation is 1. The van der Waals surface area contributed by atoms with Gasteiger partial charge in [0.1, 0.15) is 5.75 Å². The number of nitriles is 1. The molecule has 3 aromatic carbocycles. The van der Waals surface area contributed by atoms with Crippen molar-refractivity contribution < 1.29 is 14.6 Å². The molecule has 3 aromatic rings. The van der Waals surface area contributed by atoms with Gasteiger partial charge in [-0.15, -0.1) is 0 Å². The van der Waals surface area contributed by atoms with Gasteiger partial charge in [-0.3, -0.25) is 4.79 Å². The minimum atomic E-state index is -0.745. The molecule has 0 fully saturated rings. The highest BCUT2D eigenvalue weighted by molar-refractivity contribution is 5.66. The van der Waals surface area contributed by atoms with Crippen molar-refractivity contribution in [3.05, 3.63) is 107 Å². The Balaban J connectivity index is 1.54. The molecule has 3 rings (SSSR count). The number of carboxylic acids is 1. The molecular formula is C33H37NO3. The van der Waals surface area contributed by atoms with Crippen LogP contribution in [-0.4, -0.2) is 17.7 Å². The van der Waals surface area contributed by atoms with E-state index in [1.165, 1.54) is 11.1 Å². The molecule has 0 heterocycles. The number of para-hydroxylation sites is 1. The summed E-state index contributed by atoms with van der Waals surface area (Å²) in [6.07, 6.45) is 12.3. The van der Waals surface area contributed by atoms with Crippen LogP contribution in [0.1, 0.15) is 67.2 Å². The van der Waals surface area contributed by atoms with Crippen LogP contribution in [0.3, 0.4) is 0 Å². The van der Waals surface area contributed by atoms with Gasteiger partial charge in [-0.05, 0) is 80.2 Å². The van der Waals surface area contributed by atoms with E-state index in [0.29, 0.717) is 18.6 Å². The second-order valence-electron chi connectivity index (χ2n) is 9.45. The highest BCUT2D eigenvalue weighted by atomic mass is 16.5. The lowest BCUT2D eigenvalue weighted by Crippen LogP contribution is -2.03. The quantitative estimate of drug-likeness (QED) is 0.205. The third kappa shape index (κ3) is 10.8. The van der Waals surface area contributed by atoms with Gasteiger partial charge >= 0.3 is 5.97 Å². The molecule has 0 aliphatic heterocycles. The van der Waals surface area contributed by atoms with E-state index in [2.05, 4.69) is 54.6 Å². The molecule has 0 amide bonds. The highest BCUT2D eigenvalue weighted by Gasteiger charge is 2.09. The zero-order chi connectivity index (χ0) is 26.1. The number of unbranched alkanes of at least 4 members (excludes halogenated alkanes) is 3. The van der Waals surface area contributed by atoms with Crippen molar-refractivity contribution in [3.63, 3.8) is 0 Å². The van der Waals surface area contributed by atoms with Crippen molar-refractivity contribution in [1.82, 2.24) is 0 Å². The molecule has 0 saturated heterocycles. The third-order valence-electron chi connectivity index (χ3n) is 6.47. The largest absolute Gasteiger partial charge is 0.493 e. The van der Waals surface area contributed by atoms with Crippen molar-refractivity contribution >= 4 is 12.0 Å². The summed E-state index contributed by atoms with van der Waals surface area (Å²) in [4.78, 5) is 10.9.